The summed E-state index contributed by atoms with van der Waals surface area (Å²) >= 11 is 0. The van der Waals surface area contributed by atoms with E-state index in [0.29, 0.717) is 11.1 Å². The summed E-state index contributed by atoms with van der Waals surface area (Å²) in [6.45, 7) is 5.99. The molecule has 3 aromatic rings. The maximum atomic E-state index is 14.3. The first-order chi connectivity index (χ1) is 18.7. The summed E-state index contributed by atoms with van der Waals surface area (Å²) in [7, 11) is -4.20. The largest absolute Gasteiger partial charge is 0.351 e. The van der Waals surface area contributed by atoms with Crippen molar-refractivity contribution in [2.45, 2.75) is 33.1 Å². The number of carbonyl (C=O) groups excluding carboxylic acids is 2. The van der Waals surface area contributed by atoms with Crippen molar-refractivity contribution in [1.29, 1.82) is 0 Å². The van der Waals surface area contributed by atoms with Crippen molar-refractivity contribution in [3.8, 4) is 0 Å². The minimum atomic E-state index is -4.20. The van der Waals surface area contributed by atoms with Gasteiger partial charge in [-0.25, -0.2) is 8.78 Å². The molecule has 2 amide bonds. The lowest BCUT2D eigenvalue weighted by molar-refractivity contribution is -0.117. The number of hydrogen-bond donors (Lipinski definition) is 3. The van der Waals surface area contributed by atoms with Crippen LogP contribution in [-0.4, -0.2) is 37.1 Å². The van der Waals surface area contributed by atoms with E-state index < -0.39 is 45.2 Å². The van der Waals surface area contributed by atoms with Crippen LogP contribution in [0.15, 0.2) is 72.8 Å². The second-order valence-electron chi connectivity index (χ2n) is 10.5. The highest BCUT2D eigenvalue weighted by Crippen LogP contribution is 2.26. The number of allylic oxidation sites excluding steroid dienone is 1. The van der Waals surface area contributed by atoms with Gasteiger partial charge in [-0.3, -0.25) is 14.1 Å². The molecule has 0 saturated heterocycles. The molecule has 0 aliphatic rings. The van der Waals surface area contributed by atoms with Gasteiger partial charge in [0.15, 0.2) is 0 Å². The zero-order chi connectivity index (χ0) is 29.5. The topological polar surface area (TPSA) is 113 Å². The molecule has 0 aliphatic carbocycles. The fourth-order valence-corrected chi connectivity index (χ4v) is 4.14. The highest BCUT2D eigenvalue weighted by Gasteiger charge is 2.23. The van der Waals surface area contributed by atoms with E-state index in [-0.39, 0.29) is 29.6 Å². The summed E-state index contributed by atoms with van der Waals surface area (Å²) < 4.78 is 58.4. The molecule has 0 radical (unpaired) electrons. The van der Waals surface area contributed by atoms with Gasteiger partial charge in [0.05, 0.1) is 17.4 Å². The van der Waals surface area contributed by atoms with Gasteiger partial charge in [-0.1, -0.05) is 69.3 Å². The van der Waals surface area contributed by atoms with Crippen molar-refractivity contribution in [3.63, 3.8) is 0 Å². The lowest BCUT2D eigenvalue weighted by atomic mass is 9.89. The fourth-order valence-electron chi connectivity index (χ4n) is 3.78. The minimum Gasteiger partial charge on any atom is -0.351 e. The lowest BCUT2D eigenvalue weighted by Gasteiger charge is -2.19. The molecule has 212 valence electrons. The highest BCUT2D eigenvalue weighted by atomic mass is 32.2. The maximum Gasteiger partial charge on any atom is 0.266 e. The molecule has 1 unspecified atom stereocenters. The van der Waals surface area contributed by atoms with Crippen LogP contribution in [0.1, 0.15) is 53.7 Å². The average Bonchev–Trinajstić information content (AvgIpc) is 2.87. The number of anilines is 1. The van der Waals surface area contributed by atoms with Crippen LogP contribution in [0.2, 0.25) is 0 Å². The van der Waals surface area contributed by atoms with Gasteiger partial charge in [0.2, 0.25) is 5.91 Å². The van der Waals surface area contributed by atoms with E-state index >= 15 is 0 Å². The Morgan fingerprint density at radius 3 is 2.23 bits per heavy atom. The van der Waals surface area contributed by atoms with Gasteiger partial charge in [0, 0.05) is 18.2 Å². The van der Waals surface area contributed by atoms with Gasteiger partial charge in [-0.15, -0.1) is 0 Å². The molecule has 40 heavy (non-hydrogen) atoms. The third kappa shape index (κ3) is 9.69. The second kappa shape index (κ2) is 13.0. The number of carbonyl (C=O) groups is 2. The molecule has 0 heterocycles. The van der Waals surface area contributed by atoms with Gasteiger partial charge in [0.25, 0.3) is 16.0 Å². The number of hydrogen-bond acceptors (Lipinski definition) is 4. The SMILES string of the molecule is CC(C)(C)/C=C/c1ccc(C(Cc2ccc(C(=O)NCCS(=O)(=O)O)cc2)C(=O)Nc2cc(F)ccc2F)cc1. The van der Waals surface area contributed by atoms with E-state index in [4.69, 9.17) is 4.55 Å². The van der Waals surface area contributed by atoms with Gasteiger partial charge in [-0.05, 0) is 52.8 Å². The van der Waals surface area contributed by atoms with Crippen molar-refractivity contribution in [2.75, 3.05) is 17.6 Å². The third-order valence-electron chi connectivity index (χ3n) is 5.92. The Morgan fingerprint density at radius 1 is 0.975 bits per heavy atom. The van der Waals surface area contributed by atoms with E-state index in [9.17, 15) is 26.8 Å². The normalized spacial score (nSPS) is 12.8. The van der Waals surface area contributed by atoms with Crippen LogP contribution in [-0.2, 0) is 21.3 Å². The van der Waals surface area contributed by atoms with Gasteiger partial charge < -0.3 is 10.6 Å². The zero-order valence-electron chi connectivity index (χ0n) is 22.4. The monoisotopic (exact) mass is 570 g/mol. The molecule has 0 bridgehead atoms. The lowest BCUT2D eigenvalue weighted by Crippen LogP contribution is -2.28. The fraction of sp³-hybridized carbons (Fsp3) is 0.267. The zero-order valence-corrected chi connectivity index (χ0v) is 23.3. The van der Waals surface area contributed by atoms with E-state index in [1.807, 2.05) is 30.3 Å². The van der Waals surface area contributed by atoms with Crippen molar-refractivity contribution >= 4 is 33.7 Å². The molecule has 0 saturated carbocycles. The van der Waals surface area contributed by atoms with Gasteiger partial charge in [-0.2, -0.15) is 8.42 Å². The van der Waals surface area contributed by atoms with E-state index in [0.717, 1.165) is 23.8 Å². The Bertz CT molecular complexity index is 1480. The first kappa shape index (κ1) is 30.6. The predicted octanol–water partition coefficient (Wildman–Crippen LogP) is 5.61. The van der Waals surface area contributed by atoms with Crippen LogP contribution < -0.4 is 10.6 Å². The summed E-state index contributed by atoms with van der Waals surface area (Å²) in [4.78, 5) is 25.6. The Balaban J connectivity index is 1.83. The molecule has 0 aliphatic heterocycles. The minimum absolute atomic E-state index is 0.00424. The molecule has 3 rings (SSSR count). The van der Waals surface area contributed by atoms with Crippen LogP contribution >= 0.6 is 0 Å². The Hall–Kier alpha value is -3.89. The summed E-state index contributed by atoms with van der Waals surface area (Å²) in [6, 6.07) is 16.6. The van der Waals surface area contributed by atoms with Crippen LogP contribution in [0.5, 0.6) is 0 Å². The number of benzene rings is 3. The quantitative estimate of drug-likeness (QED) is 0.275. The second-order valence-corrected chi connectivity index (χ2v) is 12.0. The standard InChI is InChI=1S/C30H32F2N2O5S/c1-30(2,3)15-14-20-4-8-22(9-5-20)25(29(36)34-27-19-24(31)12-13-26(27)32)18-21-6-10-23(11-7-21)28(35)33-16-17-40(37,38)39/h4-15,19,25H,16-18H2,1-3H3,(H,33,35)(H,34,36)(H,37,38,39)/b15-14+. The number of nitrogens with one attached hydrogen (secondary N) is 2. The molecule has 0 fully saturated rings. The van der Waals surface area contributed by atoms with Crippen molar-refractivity contribution in [2.24, 2.45) is 5.41 Å². The third-order valence-corrected chi connectivity index (χ3v) is 6.64. The Morgan fingerprint density at radius 2 is 1.62 bits per heavy atom. The van der Waals surface area contributed by atoms with Crippen molar-refractivity contribution in [1.82, 2.24) is 5.32 Å². The highest BCUT2D eigenvalue weighted by molar-refractivity contribution is 7.85. The predicted molar refractivity (Wildman–Crippen MR) is 152 cm³/mol. The number of rotatable bonds is 10. The molecule has 0 aromatic heterocycles. The molecule has 10 heteroatoms. The molecule has 1 atom stereocenters. The maximum absolute atomic E-state index is 14.3. The van der Waals surface area contributed by atoms with Crippen LogP contribution in [0, 0.1) is 17.0 Å². The summed E-state index contributed by atoms with van der Waals surface area (Å²) in [5.41, 5.74) is 2.29. The van der Waals surface area contributed by atoms with E-state index in [2.05, 4.69) is 37.5 Å². The van der Waals surface area contributed by atoms with Gasteiger partial charge >= 0.3 is 0 Å². The molecule has 3 N–H and O–H groups in total. The first-order valence-electron chi connectivity index (χ1n) is 12.6. The Kier molecular flexibility index (Phi) is 9.94. The van der Waals surface area contributed by atoms with E-state index in [1.165, 1.54) is 12.1 Å². The van der Waals surface area contributed by atoms with E-state index in [1.54, 1.807) is 12.1 Å². The smallest absolute Gasteiger partial charge is 0.266 e. The molecule has 0 spiro atoms. The van der Waals surface area contributed by atoms with Crippen LogP contribution in [0.4, 0.5) is 14.5 Å². The summed E-state index contributed by atoms with van der Waals surface area (Å²) in [6.07, 6.45) is 4.25. The number of halogens is 2. The molecular formula is C30H32F2N2O5S. The van der Waals surface area contributed by atoms with Crippen molar-refractivity contribution < 1.29 is 31.3 Å². The molecule has 3 aromatic carbocycles. The van der Waals surface area contributed by atoms with Crippen molar-refractivity contribution in [3.05, 3.63) is 107 Å². The summed E-state index contributed by atoms with van der Waals surface area (Å²) in [5, 5.41) is 4.90. The van der Waals surface area contributed by atoms with Crippen LogP contribution in [0.25, 0.3) is 6.08 Å². The Labute approximate surface area is 233 Å². The number of amides is 2. The summed E-state index contributed by atoms with van der Waals surface area (Å²) in [5.74, 6) is -3.88. The first-order valence-corrected chi connectivity index (χ1v) is 14.2. The molecule has 7 nitrogen and oxygen atoms in total. The average molecular weight is 571 g/mol. The van der Waals surface area contributed by atoms with Gasteiger partial charge in [0.1, 0.15) is 11.6 Å². The molecular weight excluding hydrogens is 538 g/mol. The van der Waals surface area contributed by atoms with Crippen LogP contribution in [0.3, 0.4) is 0 Å².